The highest BCUT2D eigenvalue weighted by molar-refractivity contribution is 6.31. The second kappa shape index (κ2) is 4.74. The lowest BCUT2D eigenvalue weighted by molar-refractivity contribution is -0.137. The van der Waals surface area contributed by atoms with Gasteiger partial charge in [-0.2, -0.15) is 13.2 Å². The van der Waals surface area contributed by atoms with Crippen molar-refractivity contribution in [1.82, 2.24) is 0 Å². The predicted molar refractivity (Wildman–Crippen MR) is 52.4 cm³/mol. The average Bonchev–Trinajstić information content (AvgIpc) is 2.16. The predicted octanol–water partition coefficient (Wildman–Crippen LogP) is 3.54. The Kier molecular flexibility index (Phi) is 3.80. The van der Waals surface area contributed by atoms with Crippen molar-refractivity contribution in [2.24, 2.45) is 0 Å². The molecule has 0 aliphatic heterocycles. The normalized spacial score (nSPS) is 11.3. The summed E-state index contributed by atoms with van der Waals surface area (Å²) in [6, 6.07) is 2.90. The number of alkyl halides is 3. The number of benzene rings is 1. The van der Waals surface area contributed by atoms with E-state index in [0.717, 1.165) is 6.07 Å². The molecule has 0 bridgehead atoms. The van der Waals surface area contributed by atoms with Crippen molar-refractivity contribution in [3.8, 4) is 0 Å². The van der Waals surface area contributed by atoms with Crippen molar-refractivity contribution >= 4 is 17.6 Å². The summed E-state index contributed by atoms with van der Waals surface area (Å²) in [5, 5.41) is -0.444. The van der Waals surface area contributed by atoms with Crippen LogP contribution < -0.4 is 0 Å². The van der Waals surface area contributed by atoms with Gasteiger partial charge in [-0.3, -0.25) is 0 Å². The minimum absolute atomic E-state index is 0.100. The number of rotatable bonds is 2. The zero-order valence-corrected chi connectivity index (χ0v) is 9.02. The Balaban J connectivity index is 3.13. The zero-order valence-electron chi connectivity index (χ0n) is 8.27. The van der Waals surface area contributed by atoms with E-state index in [1.807, 2.05) is 0 Å². The van der Waals surface area contributed by atoms with Crippen LogP contribution in [0.4, 0.5) is 13.2 Å². The summed E-state index contributed by atoms with van der Waals surface area (Å²) in [5.41, 5.74) is -1.21. The Morgan fingerprint density at radius 3 is 2.56 bits per heavy atom. The molecule has 0 aromatic heterocycles. The molecule has 0 radical (unpaired) electrons. The molecule has 16 heavy (non-hydrogen) atoms. The second-order valence-electron chi connectivity index (χ2n) is 2.91. The summed E-state index contributed by atoms with van der Waals surface area (Å²) in [5.74, 6) is -0.801. The molecule has 0 heterocycles. The van der Waals surface area contributed by atoms with E-state index < -0.39 is 22.7 Å². The summed E-state index contributed by atoms with van der Waals surface area (Å²) in [4.78, 5) is 11.2. The van der Waals surface area contributed by atoms with Crippen LogP contribution in [0.15, 0.2) is 18.2 Å². The summed E-state index contributed by atoms with van der Waals surface area (Å²) >= 11 is 5.39. The molecule has 0 fully saturated rings. The number of hydrogen-bond donors (Lipinski definition) is 0. The van der Waals surface area contributed by atoms with Gasteiger partial charge < -0.3 is 4.74 Å². The molecule has 6 heteroatoms. The van der Waals surface area contributed by atoms with Gasteiger partial charge in [-0.05, 0) is 25.1 Å². The zero-order chi connectivity index (χ0) is 12.3. The van der Waals surface area contributed by atoms with Crippen molar-refractivity contribution in [2.75, 3.05) is 6.61 Å². The van der Waals surface area contributed by atoms with Gasteiger partial charge in [-0.1, -0.05) is 11.6 Å². The second-order valence-corrected chi connectivity index (χ2v) is 3.32. The highest BCUT2D eigenvalue weighted by atomic mass is 35.5. The van der Waals surface area contributed by atoms with Crippen LogP contribution in [0.5, 0.6) is 0 Å². The third-order valence-electron chi connectivity index (χ3n) is 1.78. The first kappa shape index (κ1) is 12.8. The fourth-order valence-corrected chi connectivity index (χ4v) is 1.31. The van der Waals surface area contributed by atoms with Gasteiger partial charge in [0.2, 0.25) is 0 Å². The number of hydrogen-bond acceptors (Lipinski definition) is 2. The van der Waals surface area contributed by atoms with E-state index in [4.69, 9.17) is 11.6 Å². The van der Waals surface area contributed by atoms with Gasteiger partial charge in [0.25, 0.3) is 0 Å². The van der Waals surface area contributed by atoms with Gasteiger partial charge in [-0.15, -0.1) is 0 Å². The summed E-state index contributed by atoms with van der Waals surface area (Å²) in [6.45, 7) is 1.67. The van der Waals surface area contributed by atoms with Crippen LogP contribution >= 0.6 is 11.6 Å². The van der Waals surface area contributed by atoms with Crippen LogP contribution in [0.25, 0.3) is 0 Å². The molecule has 88 valence electrons. The fourth-order valence-electron chi connectivity index (χ4n) is 1.08. The number of halogens is 4. The van der Waals surface area contributed by atoms with E-state index in [9.17, 15) is 18.0 Å². The highest BCUT2D eigenvalue weighted by Gasteiger charge is 2.33. The van der Waals surface area contributed by atoms with Crippen molar-refractivity contribution in [3.63, 3.8) is 0 Å². The molecule has 0 atom stereocenters. The Morgan fingerprint density at radius 2 is 2.06 bits per heavy atom. The number of carbonyl (C=O) groups is 1. The molecule has 0 amide bonds. The van der Waals surface area contributed by atoms with Gasteiger partial charge in [-0.25, -0.2) is 4.79 Å². The molecule has 0 spiro atoms. The lowest BCUT2D eigenvalue weighted by Gasteiger charge is -2.10. The first-order chi connectivity index (χ1) is 7.36. The highest BCUT2D eigenvalue weighted by Crippen LogP contribution is 2.35. The monoisotopic (exact) mass is 252 g/mol. The summed E-state index contributed by atoms with van der Waals surface area (Å²) in [7, 11) is 0. The molecule has 1 aromatic carbocycles. The first-order valence-corrected chi connectivity index (χ1v) is 4.78. The molecule has 0 saturated heterocycles. The van der Waals surface area contributed by atoms with Crippen molar-refractivity contribution in [1.29, 1.82) is 0 Å². The van der Waals surface area contributed by atoms with Gasteiger partial charge in [0.15, 0.2) is 0 Å². The van der Waals surface area contributed by atoms with E-state index in [-0.39, 0.29) is 12.2 Å². The Morgan fingerprint density at radius 1 is 1.44 bits per heavy atom. The molecule has 0 N–H and O–H groups in total. The maximum atomic E-state index is 12.4. The van der Waals surface area contributed by atoms with Gasteiger partial charge >= 0.3 is 12.1 Å². The van der Waals surface area contributed by atoms with E-state index in [0.29, 0.717) is 6.07 Å². The molecule has 2 nitrogen and oxygen atoms in total. The topological polar surface area (TPSA) is 26.3 Å². The van der Waals surface area contributed by atoms with E-state index >= 15 is 0 Å². The van der Waals surface area contributed by atoms with Crippen LogP contribution in [0.2, 0.25) is 5.02 Å². The quantitative estimate of drug-likeness (QED) is 0.753. The maximum absolute atomic E-state index is 12.4. The molecule has 0 aliphatic carbocycles. The lowest BCUT2D eigenvalue weighted by Crippen LogP contribution is -2.10. The van der Waals surface area contributed by atoms with E-state index in [1.54, 1.807) is 6.92 Å². The van der Waals surface area contributed by atoms with Crippen LogP contribution in [0.1, 0.15) is 22.8 Å². The molecular weight excluding hydrogens is 245 g/mol. The third-order valence-corrected chi connectivity index (χ3v) is 2.11. The SMILES string of the molecule is CCOC(=O)c1ccc(Cl)c(C(F)(F)F)c1. The Hall–Kier alpha value is -1.23. The Labute approximate surface area is 95.0 Å². The molecule has 1 aromatic rings. The largest absolute Gasteiger partial charge is 0.462 e. The smallest absolute Gasteiger partial charge is 0.417 e. The van der Waals surface area contributed by atoms with Crippen LogP contribution in [0, 0.1) is 0 Å². The first-order valence-electron chi connectivity index (χ1n) is 4.40. The average molecular weight is 253 g/mol. The van der Waals surface area contributed by atoms with Crippen LogP contribution in [0.3, 0.4) is 0 Å². The molecule has 1 rings (SSSR count). The number of ether oxygens (including phenoxy) is 1. The minimum Gasteiger partial charge on any atom is -0.462 e. The number of carbonyl (C=O) groups excluding carboxylic acids is 1. The summed E-state index contributed by atoms with van der Waals surface area (Å²) in [6.07, 6.45) is -4.58. The van der Waals surface area contributed by atoms with Crippen molar-refractivity contribution in [3.05, 3.63) is 34.3 Å². The fraction of sp³-hybridized carbons (Fsp3) is 0.300. The maximum Gasteiger partial charge on any atom is 0.417 e. The standard InChI is InChI=1S/C10H8ClF3O2/c1-2-16-9(15)6-3-4-8(11)7(5-6)10(12,13)14/h3-5H,2H2,1H3. The van der Waals surface area contributed by atoms with Crippen LogP contribution in [-0.4, -0.2) is 12.6 Å². The molecule has 0 aliphatic rings. The van der Waals surface area contributed by atoms with Crippen molar-refractivity contribution in [2.45, 2.75) is 13.1 Å². The Bertz CT molecular complexity index is 402. The minimum atomic E-state index is -4.58. The van der Waals surface area contributed by atoms with Crippen LogP contribution in [-0.2, 0) is 10.9 Å². The molecule has 0 saturated carbocycles. The van der Waals surface area contributed by atoms with Gasteiger partial charge in [0.05, 0.1) is 22.8 Å². The van der Waals surface area contributed by atoms with E-state index in [1.165, 1.54) is 6.07 Å². The molecule has 0 unspecified atom stereocenters. The van der Waals surface area contributed by atoms with E-state index in [2.05, 4.69) is 4.74 Å². The van der Waals surface area contributed by atoms with Crippen molar-refractivity contribution < 1.29 is 22.7 Å². The van der Waals surface area contributed by atoms with Gasteiger partial charge in [0.1, 0.15) is 0 Å². The molecular formula is C10H8ClF3O2. The lowest BCUT2D eigenvalue weighted by atomic mass is 10.1. The van der Waals surface area contributed by atoms with Gasteiger partial charge in [0, 0.05) is 0 Å². The number of esters is 1. The third kappa shape index (κ3) is 2.88. The summed E-state index contributed by atoms with van der Waals surface area (Å²) < 4.78 is 41.9.